The smallest absolute Gasteiger partial charge is 0.184 e. The Bertz CT molecular complexity index is 582. The Morgan fingerprint density at radius 2 is 2.27 bits per heavy atom. The first kappa shape index (κ1) is 14.4. The van der Waals surface area contributed by atoms with E-state index in [9.17, 15) is 0 Å². The summed E-state index contributed by atoms with van der Waals surface area (Å²) >= 11 is 5.93. The fraction of sp³-hybridized carbons (Fsp3) is 0.533. The van der Waals surface area contributed by atoms with Gasteiger partial charge in [0.25, 0.3) is 0 Å². The molecular formula is C15H21ClN5O+. The molecule has 1 aliphatic carbocycles. The fourth-order valence-corrected chi connectivity index (χ4v) is 3.40. The van der Waals surface area contributed by atoms with Gasteiger partial charge in [0, 0.05) is 17.6 Å². The summed E-state index contributed by atoms with van der Waals surface area (Å²) in [7, 11) is 1.95. The zero-order chi connectivity index (χ0) is 15.2. The molecule has 2 fully saturated rings. The number of nitrogens with zero attached hydrogens (tertiary/aromatic N) is 2. The number of rotatable bonds is 3. The molecule has 1 saturated carbocycles. The lowest BCUT2D eigenvalue weighted by atomic mass is 10.0. The van der Waals surface area contributed by atoms with Crippen molar-refractivity contribution in [2.75, 3.05) is 20.2 Å². The van der Waals surface area contributed by atoms with Gasteiger partial charge in [-0.1, -0.05) is 23.7 Å². The SMILES string of the molecule is CN1NC(C2CC23CN[C@@H](Cc2ccc(Cl)cc2)CO3)=N[NH2+]1. The van der Waals surface area contributed by atoms with Crippen LogP contribution in [0, 0.1) is 5.92 Å². The molecule has 2 aliphatic heterocycles. The number of halogens is 1. The zero-order valence-electron chi connectivity index (χ0n) is 12.6. The summed E-state index contributed by atoms with van der Waals surface area (Å²) < 4.78 is 6.20. The highest BCUT2D eigenvalue weighted by Crippen LogP contribution is 2.48. The van der Waals surface area contributed by atoms with Gasteiger partial charge in [-0.2, -0.15) is 0 Å². The van der Waals surface area contributed by atoms with Crippen molar-refractivity contribution < 1.29 is 10.3 Å². The Hall–Kier alpha value is -1.18. The van der Waals surface area contributed by atoms with Gasteiger partial charge in [0.05, 0.1) is 25.2 Å². The van der Waals surface area contributed by atoms with Crippen LogP contribution in [0.2, 0.25) is 5.02 Å². The van der Waals surface area contributed by atoms with Crippen molar-refractivity contribution in [1.29, 1.82) is 0 Å². The van der Waals surface area contributed by atoms with E-state index in [2.05, 4.69) is 28.0 Å². The summed E-state index contributed by atoms with van der Waals surface area (Å²) in [6, 6.07) is 8.40. The van der Waals surface area contributed by atoms with E-state index < -0.39 is 0 Å². The van der Waals surface area contributed by atoms with Crippen LogP contribution in [-0.2, 0) is 11.2 Å². The summed E-state index contributed by atoms with van der Waals surface area (Å²) in [5.74, 6) is 1.41. The summed E-state index contributed by atoms with van der Waals surface area (Å²) in [5, 5.41) is 10.7. The first-order chi connectivity index (χ1) is 10.6. The molecule has 1 saturated heterocycles. The van der Waals surface area contributed by atoms with E-state index in [0.717, 1.165) is 36.9 Å². The van der Waals surface area contributed by atoms with Crippen LogP contribution in [0.25, 0.3) is 0 Å². The minimum Gasteiger partial charge on any atom is -0.371 e. The van der Waals surface area contributed by atoms with Gasteiger partial charge in [-0.05, 0) is 40.8 Å². The van der Waals surface area contributed by atoms with Crippen molar-refractivity contribution in [3.8, 4) is 0 Å². The van der Waals surface area contributed by atoms with Gasteiger partial charge in [0.15, 0.2) is 5.84 Å². The number of quaternary nitrogens is 1. The minimum atomic E-state index is -0.0542. The van der Waals surface area contributed by atoms with Crippen LogP contribution >= 0.6 is 11.6 Å². The van der Waals surface area contributed by atoms with E-state index in [1.165, 1.54) is 5.56 Å². The minimum absolute atomic E-state index is 0.0542. The van der Waals surface area contributed by atoms with Gasteiger partial charge in [0.2, 0.25) is 0 Å². The van der Waals surface area contributed by atoms with Crippen LogP contribution in [0.4, 0.5) is 0 Å². The Labute approximate surface area is 134 Å². The third kappa shape index (κ3) is 2.73. The van der Waals surface area contributed by atoms with Gasteiger partial charge in [0.1, 0.15) is 0 Å². The quantitative estimate of drug-likeness (QED) is 0.678. The first-order valence-electron chi connectivity index (χ1n) is 7.67. The van der Waals surface area contributed by atoms with Crippen LogP contribution < -0.4 is 16.3 Å². The average molecular weight is 323 g/mol. The second kappa shape index (κ2) is 5.47. The molecule has 0 amide bonds. The number of hydrogen-bond acceptors (Lipinski definition) is 5. The second-order valence-electron chi connectivity index (χ2n) is 6.39. The van der Waals surface area contributed by atoms with Crippen molar-refractivity contribution in [2.45, 2.75) is 24.5 Å². The van der Waals surface area contributed by atoms with Crippen LogP contribution in [-0.4, -0.2) is 42.8 Å². The molecule has 4 rings (SSSR count). The van der Waals surface area contributed by atoms with Gasteiger partial charge in [-0.3, -0.25) is 5.43 Å². The lowest BCUT2D eigenvalue weighted by Gasteiger charge is -2.31. The number of nitrogens with two attached hydrogens (primary N) is 1. The Morgan fingerprint density at radius 1 is 1.45 bits per heavy atom. The number of nitrogens with one attached hydrogen (secondary N) is 2. The van der Waals surface area contributed by atoms with E-state index in [1.807, 2.05) is 24.3 Å². The monoisotopic (exact) mass is 322 g/mol. The van der Waals surface area contributed by atoms with Crippen LogP contribution in [0.5, 0.6) is 0 Å². The highest BCUT2D eigenvalue weighted by molar-refractivity contribution is 6.30. The molecule has 3 atom stereocenters. The molecule has 0 aromatic heterocycles. The van der Waals surface area contributed by atoms with E-state index in [0.29, 0.717) is 12.0 Å². The molecule has 0 bridgehead atoms. The van der Waals surface area contributed by atoms with E-state index in [-0.39, 0.29) is 5.60 Å². The maximum atomic E-state index is 6.20. The number of morpholine rings is 1. The number of ether oxygens (including phenoxy) is 1. The normalized spacial score (nSPS) is 34.5. The van der Waals surface area contributed by atoms with Crippen LogP contribution in [0.15, 0.2) is 29.4 Å². The van der Waals surface area contributed by atoms with Gasteiger partial charge in [-0.25, -0.2) is 0 Å². The Balaban J connectivity index is 1.31. The lowest BCUT2D eigenvalue weighted by Crippen LogP contribution is -2.86. The number of benzene rings is 1. The fourth-order valence-electron chi connectivity index (χ4n) is 3.27. The van der Waals surface area contributed by atoms with Crippen molar-refractivity contribution in [1.82, 2.24) is 15.9 Å². The molecule has 118 valence electrons. The number of amidine groups is 1. The highest BCUT2D eigenvalue weighted by atomic mass is 35.5. The summed E-state index contributed by atoms with van der Waals surface area (Å²) in [4.78, 5) is 0. The molecule has 1 aromatic rings. The maximum absolute atomic E-state index is 6.20. The topological polar surface area (TPSA) is 65.5 Å². The first-order valence-corrected chi connectivity index (χ1v) is 8.05. The van der Waals surface area contributed by atoms with E-state index in [1.54, 1.807) is 5.53 Å². The molecule has 7 heteroatoms. The molecule has 3 aliphatic rings. The molecule has 0 radical (unpaired) electrons. The van der Waals surface area contributed by atoms with Gasteiger partial charge in [-0.15, -0.1) is 5.53 Å². The van der Waals surface area contributed by atoms with Crippen LogP contribution in [0.1, 0.15) is 12.0 Å². The van der Waals surface area contributed by atoms with Gasteiger partial charge < -0.3 is 10.1 Å². The van der Waals surface area contributed by atoms with Gasteiger partial charge >= 0.3 is 0 Å². The molecule has 1 spiro atoms. The molecule has 4 N–H and O–H groups in total. The summed E-state index contributed by atoms with van der Waals surface area (Å²) in [6.45, 7) is 1.63. The largest absolute Gasteiger partial charge is 0.371 e. The zero-order valence-corrected chi connectivity index (χ0v) is 13.3. The molecule has 2 unspecified atom stereocenters. The Morgan fingerprint density at radius 3 is 2.91 bits per heavy atom. The van der Waals surface area contributed by atoms with Crippen molar-refractivity contribution >= 4 is 17.4 Å². The standard InChI is InChI=1S/C15H20ClN5O/c1-21-19-14(18-20-21)13-7-15(13)9-17-12(8-22-15)6-10-2-4-11(16)5-3-10/h2-5,12-13,17,20H,6-9H2,1H3,(H,18,19)/p+1/t12-,13?,15?/m0/s1. The average Bonchev–Trinajstić information content (AvgIpc) is 3.04. The van der Waals surface area contributed by atoms with Crippen molar-refractivity contribution in [3.63, 3.8) is 0 Å². The Kier molecular flexibility index (Phi) is 3.58. The molecule has 2 heterocycles. The lowest BCUT2D eigenvalue weighted by molar-refractivity contribution is -0.803. The summed E-state index contributed by atoms with van der Waals surface area (Å²) in [5.41, 5.74) is 6.29. The molecule has 22 heavy (non-hydrogen) atoms. The van der Waals surface area contributed by atoms with Crippen molar-refractivity contribution in [3.05, 3.63) is 34.9 Å². The second-order valence-corrected chi connectivity index (χ2v) is 6.83. The molecular weight excluding hydrogens is 302 g/mol. The number of hydrazine groups is 1. The molecule has 6 nitrogen and oxygen atoms in total. The molecule has 1 aromatic carbocycles. The van der Waals surface area contributed by atoms with Crippen molar-refractivity contribution in [2.24, 2.45) is 11.0 Å². The van der Waals surface area contributed by atoms with Crippen LogP contribution in [0.3, 0.4) is 0 Å². The predicted molar refractivity (Wildman–Crippen MR) is 84.0 cm³/mol. The summed E-state index contributed by atoms with van der Waals surface area (Å²) in [6.07, 6.45) is 2.01. The highest BCUT2D eigenvalue weighted by Gasteiger charge is 2.61. The third-order valence-electron chi connectivity index (χ3n) is 4.67. The number of hydrogen-bond donors (Lipinski definition) is 3. The maximum Gasteiger partial charge on any atom is 0.184 e. The third-order valence-corrected chi connectivity index (χ3v) is 4.92. The predicted octanol–water partition coefficient (Wildman–Crippen LogP) is -0.128. The van der Waals surface area contributed by atoms with E-state index in [4.69, 9.17) is 16.3 Å². The van der Waals surface area contributed by atoms with E-state index >= 15 is 0 Å².